The number of ether oxygens (including phenoxy) is 2. The van der Waals surface area contributed by atoms with E-state index in [1.165, 1.54) is 33.3 Å². The number of fused-ring (bicyclic) bond motifs is 1. The highest BCUT2D eigenvalue weighted by Crippen LogP contribution is 2.33. The number of amides is 1. The molecule has 0 unspecified atom stereocenters. The second kappa shape index (κ2) is 6.93. The van der Waals surface area contributed by atoms with Crippen molar-refractivity contribution in [2.75, 3.05) is 26.3 Å². The zero-order valence-electron chi connectivity index (χ0n) is 14.7. The molecular formula is C18H16ClN3O4S2. The number of hydrogen-bond donors (Lipinski definition) is 0. The first-order valence-electron chi connectivity index (χ1n) is 8.88. The predicted octanol–water partition coefficient (Wildman–Crippen LogP) is 3.12. The fraction of sp³-hybridized carbons (Fsp3) is 0.389. The quantitative estimate of drug-likeness (QED) is 0.616. The third kappa shape index (κ3) is 2.98. The van der Waals surface area contributed by atoms with Crippen molar-refractivity contribution in [3.63, 3.8) is 0 Å². The summed E-state index contributed by atoms with van der Waals surface area (Å²) in [6.45, 7) is 2.14. The number of aromatic nitrogens is 2. The van der Waals surface area contributed by atoms with E-state index in [-0.39, 0.29) is 17.0 Å². The third-order valence-electron chi connectivity index (χ3n) is 5.13. The number of likely N-dealkylation sites (tertiary alicyclic amines) is 1. The van der Waals surface area contributed by atoms with E-state index in [1.807, 2.05) is 11.4 Å². The molecule has 2 aliphatic heterocycles. The number of rotatable bonds is 2. The van der Waals surface area contributed by atoms with Gasteiger partial charge in [0.05, 0.1) is 28.1 Å². The van der Waals surface area contributed by atoms with E-state index in [0.29, 0.717) is 54.1 Å². The van der Waals surface area contributed by atoms with Crippen molar-refractivity contribution >= 4 is 45.1 Å². The van der Waals surface area contributed by atoms with Gasteiger partial charge in [-0.3, -0.25) is 9.59 Å². The molecule has 3 aromatic rings. The Morgan fingerprint density at radius 2 is 1.96 bits per heavy atom. The lowest BCUT2D eigenvalue weighted by Gasteiger charge is -2.37. The Morgan fingerprint density at radius 1 is 1.21 bits per heavy atom. The SMILES string of the molecule is O=C(c1cnc2scc(-c3ccc(Cl)s3)n2c1=O)N1CCC2(CC1)OCCO2. The first kappa shape index (κ1) is 18.3. The number of halogens is 1. The monoisotopic (exact) mass is 437 g/mol. The van der Waals surface area contributed by atoms with Crippen LogP contribution in [0.3, 0.4) is 0 Å². The molecular weight excluding hydrogens is 422 g/mol. The average Bonchev–Trinajstić information content (AvgIpc) is 3.42. The van der Waals surface area contributed by atoms with Crippen LogP contribution in [0.1, 0.15) is 23.2 Å². The molecule has 0 aliphatic carbocycles. The van der Waals surface area contributed by atoms with Crippen molar-refractivity contribution in [3.05, 3.63) is 44.0 Å². The molecule has 5 heterocycles. The van der Waals surface area contributed by atoms with Gasteiger partial charge < -0.3 is 14.4 Å². The summed E-state index contributed by atoms with van der Waals surface area (Å²) in [5, 5.41) is 1.86. The Kier molecular flexibility index (Phi) is 4.52. The van der Waals surface area contributed by atoms with Crippen molar-refractivity contribution in [1.29, 1.82) is 0 Å². The van der Waals surface area contributed by atoms with Crippen LogP contribution >= 0.6 is 34.3 Å². The number of nitrogens with zero attached hydrogens (tertiary/aromatic N) is 3. The number of hydrogen-bond acceptors (Lipinski definition) is 7. The van der Waals surface area contributed by atoms with Gasteiger partial charge in [0.25, 0.3) is 11.5 Å². The molecule has 0 saturated carbocycles. The van der Waals surface area contributed by atoms with E-state index < -0.39 is 5.79 Å². The fourth-order valence-corrected chi connectivity index (χ4v) is 5.64. The van der Waals surface area contributed by atoms with Crippen LogP contribution in [-0.2, 0) is 9.47 Å². The second-order valence-corrected chi connectivity index (χ2v) is 9.27. The average molecular weight is 438 g/mol. The van der Waals surface area contributed by atoms with Crippen LogP contribution in [0.2, 0.25) is 4.34 Å². The van der Waals surface area contributed by atoms with Gasteiger partial charge in [-0.1, -0.05) is 11.6 Å². The molecule has 0 aromatic carbocycles. The molecule has 28 heavy (non-hydrogen) atoms. The van der Waals surface area contributed by atoms with Gasteiger partial charge >= 0.3 is 0 Å². The molecule has 2 fully saturated rings. The maximum absolute atomic E-state index is 13.1. The Balaban J connectivity index is 1.47. The highest BCUT2D eigenvalue weighted by molar-refractivity contribution is 7.20. The zero-order valence-corrected chi connectivity index (χ0v) is 17.1. The van der Waals surface area contributed by atoms with Crippen LogP contribution in [0.25, 0.3) is 15.5 Å². The summed E-state index contributed by atoms with van der Waals surface area (Å²) in [7, 11) is 0. The Morgan fingerprint density at radius 3 is 2.64 bits per heavy atom. The number of piperidine rings is 1. The van der Waals surface area contributed by atoms with Crippen molar-refractivity contribution in [1.82, 2.24) is 14.3 Å². The summed E-state index contributed by atoms with van der Waals surface area (Å²) in [6, 6.07) is 3.65. The van der Waals surface area contributed by atoms with Crippen LogP contribution in [0.5, 0.6) is 0 Å². The van der Waals surface area contributed by atoms with Gasteiger partial charge in [-0.25, -0.2) is 9.38 Å². The normalized spacial score (nSPS) is 19.0. The highest BCUT2D eigenvalue weighted by Gasteiger charge is 2.41. The molecule has 0 radical (unpaired) electrons. The lowest BCUT2D eigenvalue weighted by Crippen LogP contribution is -2.48. The van der Waals surface area contributed by atoms with Gasteiger partial charge in [-0.2, -0.15) is 0 Å². The number of thiazole rings is 1. The maximum Gasteiger partial charge on any atom is 0.271 e. The van der Waals surface area contributed by atoms with Gasteiger partial charge in [0, 0.05) is 37.5 Å². The number of thiophene rings is 1. The Labute approximate surface area is 173 Å². The first-order valence-corrected chi connectivity index (χ1v) is 11.0. The van der Waals surface area contributed by atoms with E-state index >= 15 is 0 Å². The van der Waals surface area contributed by atoms with Crippen LogP contribution in [0, 0.1) is 0 Å². The molecule has 2 aliphatic rings. The molecule has 1 amide bonds. The van der Waals surface area contributed by atoms with Crippen molar-refractivity contribution < 1.29 is 14.3 Å². The Bertz CT molecular complexity index is 1110. The van der Waals surface area contributed by atoms with Crippen molar-refractivity contribution in [3.8, 4) is 10.6 Å². The molecule has 1 spiro atoms. The lowest BCUT2D eigenvalue weighted by atomic mass is 10.0. The summed E-state index contributed by atoms with van der Waals surface area (Å²) < 4.78 is 13.5. The van der Waals surface area contributed by atoms with Crippen molar-refractivity contribution in [2.45, 2.75) is 18.6 Å². The van der Waals surface area contributed by atoms with E-state index in [9.17, 15) is 9.59 Å². The van der Waals surface area contributed by atoms with Crippen molar-refractivity contribution in [2.24, 2.45) is 0 Å². The van der Waals surface area contributed by atoms with E-state index in [1.54, 1.807) is 11.0 Å². The minimum Gasteiger partial charge on any atom is -0.347 e. The second-order valence-electron chi connectivity index (χ2n) is 6.72. The molecule has 3 aromatic heterocycles. The minimum absolute atomic E-state index is 0.0732. The predicted molar refractivity (Wildman–Crippen MR) is 107 cm³/mol. The number of carbonyl (C=O) groups is 1. The molecule has 5 rings (SSSR count). The first-order chi connectivity index (χ1) is 13.6. The molecule has 0 N–H and O–H groups in total. The number of carbonyl (C=O) groups excluding carboxylic acids is 1. The van der Waals surface area contributed by atoms with Gasteiger partial charge in [0.15, 0.2) is 10.7 Å². The smallest absolute Gasteiger partial charge is 0.271 e. The summed E-state index contributed by atoms with van der Waals surface area (Å²) in [6.07, 6.45) is 2.59. The topological polar surface area (TPSA) is 73.1 Å². The van der Waals surface area contributed by atoms with Crippen LogP contribution in [0.4, 0.5) is 0 Å². The van der Waals surface area contributed by atoms with Crippen LogP contribution < -0.4 is 5.56 Å². The minimum atomic E-state index is -0.563. The zero-order chi connectivity index (χ0) is 19.3. The molecule has 7 nitrogen and oxygen atoms in total. The maximum atomic E-state index is 13.1. The standard InChI is InChI=1S/C18H16ClN3O4S2/c19-14-2-1-13(28-14)12-10-27-17-20-9-11(16(24)22(12)17)15(23)21-5-3-18(4-6-21)25-7-8-26-18/h1-2,9-10H,3-8H2. The molecule has 0 bridgehead atoms. The Hall–Kier alpha value is -1.78. The molecule has 2 saturated heterocycles. The molecule has 146 valence electrons. The van der Waals surface area contributed by atoms with Crippen LogP contribution in [-0.4, -0.2) is 52.3 Å². The van der Waals surface area contributed by atoms with E-state index in [2.05, 4.69) is 4.98 Å². The largest absolute Gasteiger partial charge is 0.347 e. The summed E-state index contributed by atoms with van der Waals surface area (Å²) in [5.41, 5.74) is 0.419. The van der Waals surface area contributed by atoms with E-state index in [0.717, 1.165) is 4.88 Å². The van der Waals surface area contributed by atoms with Gasteiger partial charge in [-0.15, -0.1) is 22.7 Å². The van der Waals surface area contributed by atoms with E-state index in [4.69, 9.17) is 21.1 Å². The van der Waals surface area contributed by atoms with Gasteiger partial charge in [0.2, 0.25) is 0 Å². The lowest BCUT2D eigenvalue weighted by molar-refractivity contribution is -0.181. The summed E-state index contributed by atoms with van der Waals surface area (Å²) in [5.74, 6) is -0.867. The molecule has 10 heteroatoms. The van der Waals surface area contributed by atoms with Gasteiger partial charge in [-0.05, 0) is 12.1 Å². The van der Waals surface area contributed by atoms with Gasteiger partial charge in [0.1, 0.15) is 5.56 Å². The summed E-state index contributed by atoms with van der Waals surface area (Å²) >= 11 is 8.78. The highest BCUT2D eigenvalue weighted by atomic mass is 35.5. The summed E-state index contributed by atoms with van der Waals surface area (Å²) in [4.78, 5) is 33.6. The fourth-order valence-electron chi connectivity index (χ4n) is 3.67. The molecule has 0 atom stereocenters. The van der Waals surface area contributed by atoms with Crippen LogP contribution in [0.15, 0.2) is 28.5 Å². The third-order valence-corrected chi connectivity index (χ3v) is 7.22.